The molecule has 94 valence electrons. The van der Waals surface area contributed by atoms with Crippen LogP contribution in [0.15, 0.2) is 36.4 Å². The largest absolute Gasteiger partial charge is 0.192 e. The number of benzene rings is 2. The highest BCUT2D eigenvalue weighted by Crippen LogP contribution is 2.44. The van der Waals surface area contributed by atoms with Crippen LogP contribution in [0, 0.1) is 25.2 Å². The maximum Gasteiger partial charge on any atom is 0.0991 e. The summed E-state index contributed by atoms with van der Waals surface area (Å²) in [6, 6.07) is 14.6. The summed E-state index contributed by atoms with van der Waals surface area (Å²) in [7, 11) is 0. The molecule has 0 aliphatic heterocycles. The summed E-state index contributed by atoms with van der Waals surface area (Å²) in [6.45, 7) is 4.43. The molecular weight excluding hydrogens is 230 g/mol. The molecule has 0 atom stereocenters. The van der Waals surface area contributed by atoms with Gasteiger partial charge in [-0.15, -0.1) is 0 Å². The lowest BCUT2D eigenvalue weighted by Crippen LogP contribution is -1.93. The SMILES string of the molecule is Cc1cc(-c2ccc(C#N)cc2)cc(C)c1C1CC1. The third kappa shape index (κ3) is 2.27. The van der Waals surface area contributed by atoms with Gasteiger partial charge < -0.3 is 0 Å². The first-order valence-electron chi connectivity index (χ1n) is 6.80. The van der Waals surface area contributed by atoms with Gasteiger partial charge in [0.1, 0.15) is 0 Å². The second-order valence-corrected chi connectivity index (χ2v) is 5.49. The summed E-state index contributed by atoms with van der Waals surface area (Å²) in [4.78, 5) is 0. The van der Waals surface area contributed by atoms with E-state index in [9.17, 15) is 0 Å². The van der Waals surface area contributed by atoms with Gasteiger partial charge in [-0.25, -0.2) is 0 Å². The van der Waals surface area contributed by atoms with Crippen LogP contribution in [0.2, 0.25) is 0 Å². The third-order valence-corrected chi connectivity index (χ3v) is 3.93. The highest BCUT2D eigenvalue weighted by Gasteiger charge is 2.26. The van der Waals surface area contributed by atoms with Crippen molar-refractivity contribution in [2.75, 3.05) is 0 Å². The molecule has 1 aliphatic rings. The van der Waals surface area contributed by atoms with E-state index in [2.05, 4.69) is 32.0 Å². The summed E-state index contributed by atoms with van der Waals surface area (Å²) in [5, 5.41) is 8.84. The van der Waals surface area contributed by atoms with Crippen LogP contribution in [0.5, 0.6) is 0 Å². The van der Waals surface area contributed by atoms with Crippen LogP contribution in [-0.4, -0.2) is 0 Å². The fourth-order valence-electron chi connectivity index (χ4n) is 2.89. The molecule has 0 unspecified atom stereocenters. The molecule has 0 amide bonds. The van der Waals surface area contributed by atoms with Gasteiger partial charge in [0.05, 0.1) is 11.6 Å². The minimum atomic E-state index is 0.715. The quantitative estimate of drug-likeness (QED) is 0.753. The average Bonchev–Trinajstić information content (AvgIpc) is 3.22. The second-order valence-electron chi connectivity index (χ2n) is 5.49. The number of nitrogens with zero attached hydrogens (tertiary/aromatic N) is 1. The summed E-state index contributed by atoms with van der Waals surface area (Å²) in [6.07, 6.45) is 2.69. The van der Waals surface area contributed by atoms with Crippen LogP contribution >= 0.6 is 0 Å². The summed E-state index contributed by atoms with van der Waals surface area (Å²) in [5.74, 6) is 0.801. The van der Waals surface area contributed by atoms with Crippen molar-refractivity contribution in [1.82, 2.24) is 0 Å². The molecule has 0 heterocycles. The van der Waals surface area contributed by atoms with Crippen LogP contribution in [-0.2, 0) is 0 Å². The molecule has 1 aliphatic carbocycles. The lowest BCUT2D eigenvalue weighted by atomic mass is 9.93. The Morgan fingerprint density at radius 2 is 1.53 bits per heavy atom. The van der Waals surface area contributed by atoms with Gasteiger partial charge in [-0.3, -0.25) is 0 Å². The second kappa shape index (κ2) is 4.55. The predicted molar refractivity (Wildman–Crippen MR) is 78.0 cm³/mol. The van der Waals surface area contributed by atoms with Gasteiger partial charge in [0.15, 0.2) is 0 Å². The lowest BCUT2D eigenvalue weighted by molar-refractivity contribution is 1.07. The Balaban J connectivity index is 2.03. The van der Waals surface area contributed by atoms with Crippen molar-refractivity contribution in [3.63, 3.8) is 0 Å². The Kier molecular flexibility index (Phi) is 2.87. The Bertz CT molecular complexity index is 632. The number of aryl methyl sites for hydroxylation is 2. The van der Waals surface area contributed by atoms with Gasteiger partial charge in [0, 0.05) is 0 Å². The molecule has 0 saturated heterocycles. The van der Waals surface area contributed by atoms with E-state index in [0.29, 0.717) is 5.56 Å². The average molecular weight is 247 g/mol. The fourth-order valence-corrected chi connectivity index (χ4v) is 2.89. The van der Waals surface area contributed by atoms with E-state index in [1.54, 1.807) is 5.56 Å². The molecule has 0 N–H and O–H groups in total. The molecule has 19 heavy (non-hydrogen) atoms. The van der Waals surface area contributed by atoms with Crippen molar-refractivity contribution in [2.24, 2.45) is 0 Å². The molecule has 0 spiro atoms. The number of hydrogen-bond donors (Lipinski definition) is 0. The summed E-state index contributed by atoms with van der Waals surface area (Å²) < 4.78 is 0. The van der Waals surface area contributed by atoms with Gasteiger partial charge in [0.2, 0.25) is 0 Å². The van der Waals surface area contributed by atoms with Crippen molar-refractivity contribution in [1.29, 1.82) is 5.26 Å². The zero-order chi connectivity index (χ0) is 13.4. The molecule has 2 aromatic rings. The zero-order valence-corrected chi connectivity index (χ0v) is 11.4. The van der Waals surface area contributed by atoms with Crippen molar-refractivity contribution in [3.05, 3.63) is 58.7 Å². The van der Waals surface area contributed by atoms with Crippen molar-refractivity contribution in [3.8, 4) is 17.2 Å². The number of rotatable bonds is 2. The molecule has 0 aromatic heterocycles. The van der Waals surface area contributed by atoms with Gasteiger partial charge in [0.25, 0.3) is 0 Å². The maximum absolute atomic E-state index is 8.84. The van der Waals surface area contributed by atoms with Gasteiger partial charge >= 0.3 is 0 Å². The Hall–Kier alpha value is -2.07. The maximum atomic E-state index is 8.84. The smallest absolute Gasteiger partial charge is 0.0991 e. The molecule has 0 bridgehead atoms. The normalized spacial score (nSPS) is 14.2. The standard InChI is InChI=1S/C18H17N/c1-12-9-17(10-13(2)18(12)16-7-8-16)15-5-3-14(11-19)4-6-15/h3-6,9-10,16H,7-8H2,1-2H3. The lowest BCUT2D eigenvalue weighted by Gasteiger charge is -2.12. The Labute approximate surface area is 114 Å². The van der Waals surface area contributed by atoms with E-state index >= 15 is 0 Å². The van der Waals surface area contributed by atoms with Crippen LogP contribution in [0.25, 0.3) is 11.1 Å². The van der Waals surface area contributed by atoms with E-state index < -0.39 is 0 Å². The molecule has 0 radical (unpaired) electrons. The molecule has 1 fully saturated rings. The highest BCUT2D eigenvalue weighted by molar-refractivity contribution is 5.67. The van der Waals surface area contributed by atoms with Crippen molar-refractivity contribution >= 4 is 0 Å². The van der Waals surface area contributed by atoms with Crippen LogP contribution in [0.1, 0.15) is 41.0 Å². The topological polar surface area (TPSA) is 23.8 Å². The summed E-state index contributed by atoms with van der Waals surface area (Å²) >= 11 is 0. The Morgan fingerprint density at radius 1 is 0.947 bits per heavy atom. The van der Waals surface area contributed by atoms with E-state index in [1.807, 2.05) is 24.3 Å². The van der Waals surface area contributed by atoms with E-state index in [0.717, 1.165) is 5.92 Å². The van der Waals surface area contributed by atoms with Crippen molar-refractivity contribution < 1.29 is 0 Å². The Morgan fingerprint density at radius 3 is 2.00 bits per heavy atom. The number of nitriles is 1. The minimum Gasteiger partial charge on any atom is -0.192 e. The van der Waals surface area contributed by atoms with Crippen LogP contribution in [0.4, 0.5) is 0 Å². The minimum absolute atomic E-state index is 0.715. The first-order chi connectivity index (χ1) is 9.19. The monoisotopic (exact) mass is 247 g/mol. The van der Waals surface area contributed by atoms with E-state index in [4.69, 9.17) is 5.26 Å². The van der Waals surface area contributed by atoms with Crippen LogP contribution in [0.3, 0.4) is 0 Å². The van der Waals surface area contributed by atoms with E-state index in [1.165, 1.54) is 35.1 Å². The highest BCUT2D eigenvalue weighted by atomic mass is 14.3. The van der Waals surface area contributed by atoms with Gasteiger partial charge in [-0.1, -0.05) is 24.3 Å². The third-order valence-electron chi connectivity index (χ3n) is 3.93. The molecule has 1 nitrogen and oxygen atoms in total. The molecule has 1 heteroatoms. The molecule has 3 rings (SSSR count). The van der Waals surface area contributed by atoms with Gasteiger partial charge in [-0.2, -0.15) is 5.26 Å². The van der Waals surface area contributed by atoms with E-state index in [-0.39, 0.29) is 0 Å². The molecular formula is C18H17N. The fraction of sp³-hybridized carbons (Fsp3) is 0.278. The molecule has 1 saturated carbocycles. The number of hydrogen-bond acceptors (Lipinski definition) is 1. The predicted octanol–water partition coefficient (Wildman–Crippen LogP) is 4.72. The van der Waals surface area contributed by atoms with Crippen molar-refractivity contribution in [2.45, 2.75) is 32.6 Å². The first-order valence-corrected chi connectivity index (χ1v) is 6.80. The first kappa shape index (κ1) is 12.0. The van der Waals surface area contributed by atoms with Crippen LogP contribution < -0.4 is 0 Å². The summed E-state index contributed by atoms with van der Waals surface area (Å²) in [5.41, 5.74) is 7.52. The zero-order valence-electron chi connectivity index (χ0n) is 11.4. The molecule has 2 aromatic carbocycles. The van der Waals surface area contributed by atoms with Gasteiger partial charge in [-0.05, 0) is 72.6 Å².